The van der Waals surface area contributed by atoms with Crippen molar-refractivity contribution >= 4 is 46.2 Å². The third kappa shape index (κ3) is 3.79. The van der Waals surface area contributed by atoms with Gasteiger partial charge in [-0.25, -0.2) is 9.67 Å². The van der Waals surface area contributed by atoms with Crippen molar-refractivity contribution in [1.82, 2.24) is 14.7 Å². The quantitative estimate of drug-likeness (QED) is 0.645. The minimum atomic E-state index is -0.249. The van der Waals surface area contributed by atoms with Crippen LogP contribution in [0.5, 0.6) is 0 Å². The zero-order valence-electron chi connectivity index (χ0n) is 15.7. The number of hydrogen-bond donors (Lipinski definition) is 1. The van der Waals surface area contributed by atoms with E-state index in [0.717, 1.165) is 11.3 Å². The van der Waals surface area contributed by atoms with Crippen molar-refractivity contribution < 1.29 is 4.79 Å². The number of amides is 1. The maximum atomic E-state index is 13.0. The van der Waals surface area contributed by atoms with E-state index in [-0.39, 0.29) is 11.5 Å². The average molecular weight is 425 g/mol. The predicted molar refractivity (Wildman–Crippen MR) is 118 cm³/mol. The van der Waals surface area contributed by atoms with E-state index in [9.17, 15) is 9.59 Å². The summed E-state index contributed by atoms with van der Waals surface area (Å²) >= 11 is 7.10. The van der Waals surface area contributed by atoms with E-state index < -0.39 is 0 Å². The summed E-state index contributed by atoms with van der Waals surface area (Å²) in [6, 6.07) is 16.5. The highest BCUT2D eigenvalue weighted by Gasteiger charge is 2.25. The Hall–Kier alpha value is -3.03. The minimum absolute atomic E-state index is 0.242. The third-order valence-corrected chi connectivity index (χ3v) is 5.72. The molecule has 29 heavy (non-hydrogen) atoms. The molecule has 1 fully saturated rings. The van der Waals surface area contributed by atoms with Crippen LogP contribution >= 0.6 is 23.4 Å². The molecular formula is C21H17ClN4O2S. The Morgan fingerprint density at radius 2 is 1.76 bits per heavy atom. The third-order valence-electron chi connectivity index (χ3n) is 4.56. The van der Waals surface area contributed by atoms with Crippen molar-refractivity contribution in [2.24, 2.45) is 12.0 Å². The molecule has 1 amide bonds. The van der Waals surface area contributed by atoms with Gasteiger partial charge in [-0.3, -0.25) is 14.3 Å². The molecule has 4 rings (SSSR count). The number of halogens is 1. The molecule has 1 N–H and O–H groups in total. The fourth-order valence-electron chi connectivity index (χ4n) is 2.98. The van der Waals surface area contributed by atoms with Crippen LogP contribution < -0.4 is 10.9 Å². The molecule has 6 nitrogen and oxygen atoms in total. The van der Waals surface area contributed by atoms with Gasteiger partial charge in [0.15, 0.2) is 10.9 Å². The number of para-hydroxylation sites is 1. The molecule has 0 atom stereocenters. The lowest BCUT2D eigenvalue weighted by Crippen LogP contribution is -2.21. The average Bonchev–Trinajstić information content (AvgIpc) is 3.16. The van der Waals surface area contributed by atoms with Crippen molar-refractivity contribution in [2.45, 2.75) is 6.92 Å². The van der Waals surface area contributed by atoms with Crippen LogP contribution in [-0.2, 0) is 11.8 Å². The van der Waals surface area contributed by atoms with Crippen molar-refractivity contribution in [3.63, 3.8) is 0 Å². The summed E-state index contributed by atoms with van der Waals surface area (Å²) in [5, 5.41) is 3.74. The van der Waals surface area contributed by atoms with Crippen molar-refractivity contribution in [3.8, 4) is 5.69 Å². The largest absolute Gasteiger partial charge is 0.300 e. The van der Waals surface area contributed by atoms with Gasteiger partial charge in [-0.2, -0.15) is 0 Å². The van der Waals surface area contributed by atoms with Gasteiger partial charge in [-0.1, -0.05) is 41.9 Å². The van der Waals surface area contributed by atoms with Crippen LogP contribution in [0.2, 0.25) is 5.02 Å². The fraction of sp³-hybridized carbons (Fsp3) is 0.0952. The molecule has 0 radical (unpaired) electrons. The molecular weight excluding hydrogens is 408 g/mol. The summed E-state index contributed by atoms with van der Waals surface area (Å²) in [6.45, 7) is 1.83. The number of hydrogen-bond acceptors (Lipinski definition) is 4. The number of nitrogens with one attached hydrogen (secondary N) is 1. The van der Waals surface area contributed by atoms with Crippen molar-refractivity contribution in [2.75, 3.05) is 0 Å². The number of aliphatic imine (C=N–C) groups is 1. The minimum Gasteiger partial charge on any atom is -0.300 e. The normalized spacial score (nSPS) is 16.6. The van der Waals surface area contributed by atoms with E-state index in [1.54, 1.807) is 34.6 Å². The van der Waals surface area contributed by atoms with Gasteiger partial charge < -0.3 is 5.32 Å². The zero-order valence-corrected chi connectivity index (χ0v) is 17.3. The van der Waals surface area contributed by atoms with E-state index in [1.165, 1.54) is 11.8 Å². The fourth-order valence-corrected chi connectivity index (χ4v) is 3.93. The van der Waals surface area contributed by atoms with Gasteiger partial charge in [0.05, 0.1) is 16.3 Å². The first kappa shape index (κ1) is 19.3. The highest BCUT2D eigenvalue weighted by atomic mass is 35.5. The Morgan fingerprint density at radius 1 is 1.07 bits per heavy atom. The second kappa shape index (κ2) is 7.77. The zero-order chi connectivity index (χ0) is 20.5. The highest BCUT2D eigenvalue weighted by Crippen LogP contribution is 2.28. The second-order valence-corrected chi connectivity index (χ2v) is 7.91. The van der Waals surface area contributed by atoms with Crippen LogP contribution in [0.15, 0.2) is 69.3 Å². The molecule has 146 valence electrons. The van der Waals surface area contributed by atoms with Gasteiger partial charge in [0, 0.05) is 12.1 Å². The summed E-state index contributed by atoms with van der Waals surface area (Å²) in [4.78, 5) is 30.2. The van der Waals surface area contributed by atoms with E-state index in [4.69, 9.17) is 11.6 Å². The Labute approximate surface area is 176 Å². The van der Waals surface area contributed by atoms with E-state index in [0.29, 0.717) is 26.5 Å². The Balaban J connectivity index is 1.68. The summed E-state index contributed by atoms with van der Waals surface area (Å²) in [6.07, 6.45) is 1.76. The summed E-state index contributed by atoms with van der Waals surface area (Å²) in [7, 11) is 1.81. The van der Waals surface area contributed by atoms with Gasteiger partial charge in [0.1, 0.15) is 0 Å². The summed E-state index contributed by atoms with van der Waals surface area (Å²) in [5.41, 5.74) is 2.37. The van der Waals surface area contributed by atoms with Gasteiger partial charge in [0.2, 0.25) is 0 Å². The Kier molecular flexibility index (Phi) is 5.17. The first-order valence-electron chi connectivity index (χ1n) is 8.83. The number of carbonyl (C=O) groups is 1. The molecule has 2 heterocycles. The number of nitrogens with zero attached hydrogens (tertiary/aromatic N) is 3. The number of rotatable bonds is 3. The standard InChI is InChI=1S/C21H17ClN4O2S/c1-13-18(20(28)26(25(13)2)16-6-4-3-5-7-16)23-21-24-19(27)17(29-21)12-14-8-10-15(22)11-9-14/h3-12H,1-2H3,(H,23,24,27)/b17-12+. The molecule has 1 aliphatic heterocycles. The molecule has 8 heteroatoms. The van der Waals surface area contributed by atoms with Crippen molar-refractivity contribution in [1.29, 1.82) is 0 Å². The number of carbonyl (C=O) groups excluding carboxylic acids is 1. The van der Waals surface area contributed by atoms with Crippen LogP contribution in [0.3, 0.4) is 0 Å². The van der Waals surface area contributed by atoms with Gasteiger partial charge in [0.25, 0.3) is 11.5 Å². The summed E-state index contributed by atoms with van der Waals surface area (Å²) in [5.74, 6) is -0.249. The van der Waals surface area contributed by atoms with Gasteiger partial charge in [-0.05, 0) is 54.6 Å². The molecule has 2 aromatic carbocycles. The van der Waals surface area contributed by atoms with Gasteiger partial charge in [-0.15, -0.1) is 0 Å². The first-order valence-corrected chi connectivity index (χ1v) is 10.0. The molecule has 0 bridgehead atoms. The molecule has 0 saturated carbocycles. The van der Waals surface area contributed by atoms with Crippen LogP contribution in [0.25, 0.3) is 11.8 Å². The SMILES string of the molecule is Cc1c(N=C2NC(=O)/C(=C\c3ccc(Cl)cc3)S2)c(=O)n(-c2ccccc2)n1C. The first-order chi connectivity index (χ1) is 13.9. The number of aromatic nitrogens is 2. The number of benzene rings is 2. The molecule has 0 unspecified atom stereocenters. The topological polar surface area (TPSA) is 68.4 Å². The van der Waals surface area contributed by atoms with E-state index >= 15 is 0 Å². The maximum absolute atomic E-state index is 13.0. The van der Waals surface area contributed by atoms with Crippen LogP contribution in [-0.4, -0.2) is 20.4 Å². The number of thioether (sulfide) groups is 1. The van der Waals surface area contributed by atoms with E-state index in [2.05, 4.69) is 10.3 Å². The number of amidine groups is 1. The van der Waals surface area contributed by atoms with Crippen LogP contribution in [0, 0.1) is 6.92 Å². The second-order valence-electron chi connectivity index (χ2n) is 6.44. The summed E-state index contributed by atoms with van der Waals surface area (Å²) < 4.78 is 3.31. The lowest BCUT2D eigenvalue weighted by molar-refractivity contribution is -0.115. The lowest BCUT2D eigenvalue weighted by Gasteiger charge is -2.07. The molecule has 3 aromatic rings. The van der Waals surface area contributed by atoms with Crippen molar-refractivity contribution in [3.05, 3.63) is 86.1 Å². The highest BCUT2D eigenvalue weighted by molar-refractivity contribution is 8.18. The predicted octanol–water partition coefficient (Wildman–Crippen LogP) is 4.03. The molecule has 1 aliphatic rings. The molecule has 0 spiro atoms. The Morgan fingerprint density at radius 3 is 2.45 bits per heavy atom. The monoisotopic (exact) mass is 424 g/mol. The maximum Gasteiger partial charge on any atom is 0.297 e. The van der Waals surface area contributed by atoms with Crippen LogP contribution in [0.1, 0.15) is 11.3 Å². The van der Waals surface area contributed by atoms with E-state index in [1.807, 2.05) is 49.4 Å². The smallest absolute Gasteiger partial charge is 0.297 e. The van der Waals surface area contributed by atoms with Crippen LogP contribution in [0.4, 0.5) is 5.69 Å². The Bertz CT molecular complexity index is 1210. The molecule has 1 aromatic heterocycles. The lowest BCUT2D eigenvalue weighted by atomic mass is 10.2. The molecule has 0 aliphatic carbocycles. The van der Waals surface area contributed by atoms with Gasteiger partial charge >= 0.3 is 0 Å². The molecule has 1 saturated heterocycles.